The largest absolute Gasteiger partial charge is 0.326 e. The summed E-state index contributed by atoms with van der Waals surface area (Å²) in [5.74, 6) is 0.0645. The van der Waals surface area contributed by atoms with Crippen molar-refractivity contribution in [1.29, 1.82) is 0 Å². The highest BCUT2D eigenvalue weighted by atomic mass is 32.2. The number of thiophene rings is 1. The summed E-state index contributed by atoms with van der Waals surface area (Å²) >= 11 is 3.19. The average molecular weight is 399 g/mol. The molecular formula is C19H18N4O2S2. The molecular weight excluding hydrogens is 380 g/mol. The number of fused-ring (bicyclic) bond motifs is 3. The molecule has 2 amide bonds. The van der Waals surface area contributed by atoms with Gasteiger partial charge in [0.1, 0.15) is 16.2 Å². The number of nitrogens with zero attached hydrogens (tertiary/aromatic N) is 2. The van der Waals surface area contributed by atoms with Gasteiger partial charge in [0.15, 0.2) is 0 Å². The second kappa shape index (κ2) is 7.66. The molecule has 6 nitrogen and oxygen atoms in total. The number of benzene rings is 1. The fourth-order valence-corrected chi connectivity index (χ4v) is 5.30. The van der Waals surface area contributed by atoms with Crippen molar-refractivity contribution >= 4 is 56.5 Å². The number of anilines is 2. The van der Waals surface area contributed by atoms with Crippen molar-refractivity contribution < 1.29 is 9.59 Å². The van der Waals surface area contributed by atoms with Gasteiger partial charge in [-0.25, -0.2) is 9.97 Å². The number of carbonyl (C=O) groups is 2. The molecule has 1 aromatic carbocycles. The van der Waals surface area contributed by atoms with Crippen LogP contribution in [0, 0.1) is 0 Å². The number of aromatic nitrogens is 2. The summed E-state index contributed by atoms with van der Waals surface area (Å²) in [6.45, 7) is 1.46. The molecule has 27 heavy (non-hydrogen) atoms. The van der Waals surface area contributed by atoms with Crippen LogP contribution in [0.25, 0.3) is 10.2 Å². The zero-order valence-corrected chi connectivity index (χ0v) is 16.4. The predicted octanol–water partition coefficient (Wildman–Crippen LogP) is 3.87. The normalized spacial score (nSPS) is 12.8. The number of nitrogens with one attached hydrogen (secondary N) is 2. The molecule has 138 valence electrons. The van der Waals surface area contributed by atoms with Crippen LogP contribution in [-0.2, 0) is 22.4 Å². The van der Waals surface area contributed by atoms with E-state index in [-0.39, 0.29) is 17.6 Å². The topological polar surface area (TPSA) is 84.0 Å². The second-order valence-electron chi connectivity index (χ2n) is 6.31. The van der Waals surface area contributed by atoms with E-state index in [4.69, 9.17) is 0 Å². The lowest BCUT2D eigenvalue weighted by Gasteiger charge is -2.07. The van der Waals surface area contributed by atoms with E-state index in [1.807, 2.05) is 0 Å². The molecule has 8 heteroatoms. The van der Waals surface area contributed by atoms with E-state index in [1.54, 1.807) is 41.9 Å². The summed E-state index contributed by atoms with van der Waals surface area (Å²) < 4.78 is 0. The Morgan fingerprint density at radius 3 is 2.59 bits per heavy atom. The molecule has 3 aromatic rings. The Hall–Kier alpha value is -2.45. The van der Waals surface area contributed by atoms with Gasteiger partial charge in [0, 0.05) is 28.6 Å². The Kier molecular flexibility index (Phi) is 5.09. The standard InChI is InChI=1S/C19H18N4O2S2/c1-11(24)22-12-5-7-13(8-6-12)23-16(25)9-26-18-17-14-3-2-4-15(14)27-19(17)21-10-20-18/h5-8,10H,2-4,9H2,1H3,(H,22,24)(H,23,25). The minimum absolute atomic E-state index is 0.0917. The van der Waals surface area contributed by atoms with Gasteiger partial charge in [-0.05, 0) is 49.1 Å². The van der Waals surface area contributed by atoms with Crippen LogP contribution in [0.3, 0.4) is 0 Å². The van der Waals surface area contributed by atoms with E-state index in [9.17, 15) is 9.59 Å². The van der Waals surface area contributed by atoms with E-state index in [0.717, 1.165) is 28.1 Å². The van der Waals surface area contributed by atoms with Crippen LogP contribution < -0.4 is 10.6 Å². The maximum Gasteiger partial charge on any atom is 0.234 e. The first-order valence-electron chi connectivity index (χ1n) is 8.65. The van der Waals surface area contributed by atoms with Crippen LogP contribution in [-0.4, -0.2) is 27.5 Å². The second-order valence-corrected chi connectivity index (χ2v) is 8.36. The highest BCUT2D eigenvalue weighted by molar-refractivity contribution is 8.00. The predicted molar refractivity (Wildman–Crippen MR) is 110 cm³/mol. The van der Waals surface area contributed by atoms with Gasteiger partial charge in [0.05, 0.1) is 5.75 Å². The maximum atomic E-state index is 12.3. The molecule has 0 bridgehead atoms. The van der Waals surface area contributed by atoms with Crippen LogP contribution in [0.2, 0.25) is 0 Å². The summed E-state index contributed by atoms with van der Waals surface area (Å²) in [4.78, 5) is 34.6. The SMILES string of the molecule is CC(=O)Nc1ccc(NC(=O)CSc2ncnc3sc4c(c23)CCC4)cc1. The minimum atomic E-state index is -0.126. The number of rotatable bonds is 5. The van der Waals surface area contributed by atoms with Crippen molar-refractivity contribution in [3.63, 3.8) is 0 Å². The van der Waals surface area contributed by atoms with Gasteiger partial charge in [-0.15, -0.1) is 11.3 Å². The summed E-state index contributed by atoms with van der Waals surface area (Å²) in [7, 11) is 0. The van der Waals surface area contributed by atoms with Gasteiger partial charge < -0.3 is 10.6 Å². The van der Waals surface area contributed by atoms with E-state index in [0.29, 0.717) is 11.4 Å². The third kappa shape index (κ3) is 3.96. The zero-order chi connectivity index (χ0) is 18.8. The molecule has 0 spiro atoms. The van der Waals surface area contributed by atoms with Gasteiger partial charge in [0.25, 0.3) is 0 Å². The fraction of sp³-hybridized carbons (Fsp3) is 0.263. The van der Waals surface area contributed by atoms with Crippen LogP contribution in [0.5, 0.6) is 0 Å². The molecule has 0 saturated carbocycles. The van der Waals surface area contributed by atoms with Crippen LogP contribution in [0.15, 0.2) is 35.6 Å². The van der Waals surface area contributed by atoms with Crippen LogP contribution >= 0.6 is 23.1 Å². The highest BCUT2D eigenvalue weighted by Crippen LogP contribution is 2.39. The first-order chi connectivity index (χ1) is 13.1. The van der Waals surface area contributed by atoms with Crippen LogP contribution in [0.4, 0.5) is 11.4 Å². The third-order valence-electron chi connectivity index (χ3n) is 4.30. The van der Waals surface area contributed by atoms with Gasteiger partial charge >= 0.3 is 0 Å². The van der Waals surface area contributed by atoms with Crippen molar-refractivity contribution in [2.45, 2.75) is 31.2 Å². The monoisotopic (exact) mass is 398 g/mol. The number of hydrogen-bond donors (Lipinski definition) is 2. The Morgan fingerprint density at radius 1 is 1.11 bits per heavy atom. The summed E-state index contributed by atoms with van der Waals surface area (Å²) in [6, 6.07) is 7.05. The summed E-state index contributed by atoms with van der Waals surface area (Å²) in [5.41, 5.74) is 2.76. The maximum absolute atomic E-state index is 12.3. The Balaban J connectivity index is 1.41. The first-order valence-corrected chi connectivity index (χ1v) is 10.5. The van der Waals surface area contributed by atoms with Crippen LogP contribution in [0.1, 0.15) is 23.8 Å². The number of hydrogen-bond acceptors (Lipinski definition) is 6. The van der Waals surface area contributed by atoms with E-state index >= 15 is 0 Å². The summed E-state index contributed by atoms with van der Waals surface area (Å²) in [5, 5.41) is 7.59. The van der Waals surface area contributed by atoms with E-state index in [1.165, 1.54) is 35.5 Å². The highest BCUT2D eigenvalue weighted by Gasteiger charge is 2.21. The number of carbonyl (C=O) groups excluding carboxylic acids is 2. The summed E-state index contributed by atoms with van der Waals surface area (Å²) in [6.07, 6.45) is 4.96. The molecule has 0 saturated heterocycles. The molecule has 0 fully saturated rings. The lowest BCUT2D eigenvalue weighted by atomic mass is 10.2. The molecule has 0 unspecified atom stereocenters. The molecule has 0 aliphatic heterocycles. The van der Waals surface area contributed by atoms with E-state index < -0.39 is 0 Å². The molecule has 4 rings (SSSR count). The van der Waals surface area contributed by atoms with Crippen molar-refractivity contribution in [3.8, 4) is 0 Å². The van der Waals surface area contributed by atoms with Gasteiger partial charge in [-0.1, -0.05) is 11.8 Å². The zero-order valence-electron chi connectivity index (χ0n) is 14.7. The minimum Gasteiger partial charge on any atom is -0.326 e. The van der Waals surface area contributed by atoms with Gasteiger partial charge in [0.2, 0.25) is 11.8 Å². The Morgan fingerprint density at radius 2 is 1.85 bits per heavy atom. The lowest BCUT2D eigenvalue weighted by molar-refractivity contribution is -0.114. The molecule has 2 heterocycles. The molecule has 1 aliphatic carbocycles. The number of amides is 2. The average Bonchev–Trinajstić information content (AvgIpc) is 3.22. The third-order valence-corrected chi connectivity index (χ3v) is 6.48. The van der Waals surface area contributed by atoms with Crippen molar-refractivity contribution in [3.05, 3.63) is 41.0 Å². The van der Waals surface area contributed by atoms with Gasteiger partial charge in [-0.3, -0.25) is 9.59 Å². The Bertz CT molecular complexity index is 1010. The van der Waals surface area contributed by atoms with Crippen molar-refractivity contribution in [2.75, 3.05) is 16.4 Å². The molecule has 0 atom stereocenters. The fourth-order valence-electron chi connectivity index (χ4n) is 3.18. The number of thioether (sulfide) groups is 1. The molecule has 0 radical (unpaired) electrons. The number of aryl methyl sites for hydroxylation is 2. The smallest absolute Gasteiger partial charge is 0.234 e. The quantitative estimate of drug-likeness (QED) is 0.503. The molecule has 1 aliphatic rings. The van der Waals surface area contributed by atoms with E-state index in [2.05, 4.69) is 20.6 Å². The van der Waals surface area contributed by atoms with Gasteiger partial charge in [-0.2, -0.15) is 0 Å². The molecule has 2 N–H and O–H groups in total. The lowest BCUT2D eigenvalue weighted by Crippen LogP contribution is -2.14. The Labute approximate surface area is 164 Å². The van der Waals surface area contributed by atoms with Crippen molar-refractivity contribution in [2.24, 2.45) is 0 Å². The first kappa shape index (κ1) is 17.9. The molecule has 2 aromatic heterocycles. The van der Waals surface area contributed by atoms with Crippen molar-refractivity contribution in [1.82, 2.24) is 9.97 Å².